The van der Waals surface area contributed by atoms with E-state index < -0.39 is 29.9 Å². The quantitative estimate of drug-likeness (QED) is 0.478. The smallest absolute Gasteiger partial charge is 0.407 e. The number of rotatable bonds is 8. The Balaban J connectivity index is 1.85. The molecule has 0 unspecified atom stereocenters. The van der Waals surface area contributed by atoms with Crippen molar-refractivity contribution in [1.82, 2.24) is 21.5 Å². The van der Waals surface area contributed by atoms with Gasteiger partial charge in [0.2, 0.25) is 11.8 Å². The molecule has 2 rings (SSSR count). The minimum Gasteiger partial charge on any atom is -0.445 e. The molecule has 0 spiro atoms. The summed E-state index contributed by atoms with van der Waals surface area (Å²) in [6.45, 7) is 0.951. The lowest BCUT2D eigenvalue weighted by Crippen LogP contribution is -2.54. The van der Waals surface area contributed by atoms with E-state index in [1.165, 1.54) is 6.92 Å². The maximum Gasteiger partial charge on any atom is 0.407 e. The predicted octanol–water partition coefficient (Wildman–Crippen LogP) is 0.808. The number of hydrogen-bond donors (Lipinski definition) is 4. The van der Waals surface area contributed by atoms with Crippen LogP contribution in [0.3, 0.4) is 0 Å². The van der Waals surface area contributed by atoms with Gasteiger partial charge in [-0.1, -0.05) is 60.7 Å². The fourth-order valence-electron chi connectivity index (χ4n) is 2.47. The fraction of sp³-hybridized carbons (Fsp3) is 0.238. The molecule has 0 aliphatic heterocycles. The number of ether oxygens (including phenoxy) is 1. The maximum absolute atomic E-state index is 12.3. The highest BCUT2D eigenvalue weighted by Crippen LogP contribution is 2.04. The van der Waals surface area contributed by atoms with Crippen molar-refractivity contribution in [3.8, 4) is 0 Å². The van der Waals surface area contributed by atoms with Gasteiger partial charge in [-0.25, -0.2) is 4.79 Å². The van der Waals surface area contributed by atoms with E-state index in [0.29, 0.717) is 0 Å². The Labute approximate surface area is 174 Å². The highest BCUT2D eigenvalue weighted by molar-refractivity contribution is 5.90. The third kappa shape index (κ3) is 8.42. The summed E-state index contributed by atoms with van der Waals surface area (Å²) in [6.07, 6.45) is -0.549. The highest BCUT2D eigenvalue weighted by Gasteiger charge is 2.21. The van der Waals surface area contributed by atoms with E-state index in [9.17, 15) is 19.2 Å². The first-order valence-corrected chi connectivity index (χ1v) is 9.28. The Morgan fingerprint density at radius 1 is 0.867 bits per heavy atom. The van der Waals surface area contributed by atoms with E-state index in [0.717, 1.165) is 11.1 Å². The highest BCUT2D eigenvalue weighted by atomic mass is 16.5. The van der Waals surface area contributed by atoms with Gasteiger partial charge in [0.1, 0.15) is 19.2 Å². The Kier molecular flexibility index (Phi) is 8.85. The number of hydrogen-bond acceptors (Lipinski definition) is 5. The monoisotopic (exact) mass is 412 g/mol. The summed E-state index contributed by atoms with van der Waals surface area (Å²) >= 11 is 0. The third-order valence-corrected chi connectivity index (χ3v) is 3.90. The molecule has 30 heavy (non-hydrogen) atoms. The molecule has 158 valence electrons. The molecule has 2 aromatic carbocycles. The summed E-state index contributed by atoms with van der Waals surface area (Å²) in [7, 11) is 0. The molecule has 9 heteroatoms. The van der Waals surface area contributed by atoms with E-state index in [1.807, 2.05) is 60.7 Å². The second-order valence-corrected chi connectivity index (χ2v) is 6.40. The molecule has 0 bridgehead atoms. The molecule has 0 aromatic heterocycles. The summed E-state index contributed by atoms with van der Waals surface area (Å²) in [5.41, 5.74) is 6.06. The summed E-state index contributed by atoms with van der Waals surface area (Å²) < 4.78 is 5.03. The van der Waals surface area contributed by atoms with Gasteiger partial charge in [-0.2, -0.15) is 0 Å². The van der Waals surface area contributed by atoms with Gasteiger partial charge >= 0.3 is 6.09 Å². The standard InChI is InChI=1S/C21H24N4O5/c1-15(26)24-25-20(28)18(12-16-8-4-2-5-9-16)23-19(27)13-22-21(29)30-14-17-10-6-3-7-11-17/h2-11,18H,12-14H2,1H3,(H,22,29)(H,23,27)(H,24,26)(H,25,28)/t18-/m0/s1. The topological polar surface area (TPSA) is 126 Å². The molecule has 9 nitrogen and oxygen atoms in total. The van der Waals surface area contributed by atoms with Crippen LogP contribution in [-0.4, -0.2) is 36.4 Å². The molecular weight excluding hydrogens is 388 g/mol. The molecule has 1 atom stereocenters. The third-order valence-electron chi connectivity index (χ3n) is 3.90. The van der Waals surface area contributed by atoms with Crippen molar-refractivity contribution in [2.24, 2.45) is 0 Å². The van der Waals surface area contributed by atoms with Crippen LogP contribution in [0.4, 0.5) is 4.79 Å². The first-order chi connectivity index (χ1) is 14.4. The summed E-state index contributed by atoms with van der Waals surface area (Å²) in [5, 5.41) is 4.88. The van der Waals surface area contributed by atoms with Crippen LogP contribution in [0.25, 0.3) is 0 Å². The van der Waals surface area contributed by atoms with Crippen molar-refractivity contribution >= 4 is 23.8 Å². The van der Waals surface area contributed by atoms with Crippen molar-refractivity contribution < 1.29 is 23.9 Å². The number of amides is 4. The number of hydrazine groups is 1. The van der Waals surface area contributed by atoms with Crippen LogP contribution in [0.15, 0.2) is 60.7 Å². The van der Waals surface area contributed by atoms with Crippen LogP contribution < -0.4 is 21.5 Å². The second kappa shape index (κ2) is 11.8. The zero-order chi connectivity index (χ0) is 21.8. The van der Waals surface area contributed by atoms with E-state index >= 15 is 0 Å². The number of carbonyl (C=O) groups excluding carboxylic acids is 4. The van der Waals surface area contributed by atoms with Crippen molar-refractivity contribution in [3.05, 3.63) is 71.8 Å². The number of nitrogens with one attached hydrogen (secondary N) is 4. The van der Waals surface area contributed by atoms with Gasteiger partial charge in [-0.15, -0.1) is 0 Å². The molecule has 0 heterocycles. The van der Waals surface area contributed by atoms with Crippen LogP contribution in [0.2, 0.25) is 0 Å². The molecule has 0 aliphatic rings. The molecule has 4 N–H and O–H groups in total. The lowest BCUT2D eigenvalue weighted by atomic mass is 10.1. The fourth-order valence-corrected chi connectivity index (χ4v) is 2.47. The van der Waals surface area contributed by atoms with Crippen LogP contribution >= 0.6 is 0 Å². The number of benzene rings is 2. The van der Waals surface area contributed by atoms with Gasteiger partial charge in [0.05, 0.1) is 0 Å². The minimum absolute atomic E-state index is 0.0735. The molecule has 0 aliphatic carbocycles. The van der Waals surface area contributed by atoms with Gasteiger partial charge in [0.25, 0.3) is 5.91 Å². The van der Waals surface area contributed by atoms with Crippen molar-refractivity contribution in [2.75, 3.05) is 6.54 Å². The van der Waals surface area contributed by atoms with E-state index in [4.69, 9.17) is 4.74 Å². The second-order valence-electron chi connectivity index (χ2n) is 6.40. The number of alkyl carbamates (subject to hydrolysis) is 1. The molecule has 0 fully saturated rings. The van der Waals surface area contributed by atoms with Crippen molar-refractivity contribution in [1.29, 1.82) is 0 Å². The Morgan fingerprint density at radius 3 is 2.07 bits per heavy atom. The first kappa shape index (κ1) is 22.4. The lowest BCUT2D eigenvalue weighted by Gasteiger charge is -2.19. The average Bonchev–Trinajstić information content (AvgIpc) is 2.75. The molecule has 0 saturated carbocycles. The summed E-state index contributed by atoms with van der Waals surface area (Å²) in [6, 6.07) is 17.2. The van der Waals surface area contributed by atoms with Crippen molar-refractivity contribution in [3.63, 3.8) is 0 Å². The largest absolute Gasteiger partial charge is 0.445 e. The number of carbonyl (C=O) groups is 4. The molecule has 0 radical (unpaired) electrons. The summed E-state index contributed by atoms with van der Waals surface area (Å²) in [4.78, 5) is 47.3. The van der Waals surface area contributed by atoms with E-state index in [1.54, 1.807) is 0 Å². The van der Waals surface area contributed by atoms with Crippen LogP contribution in [0.5, 0.6) is 0 Å². The Morgan fingerprint density at radius 2 is 1.47 bits per heavy atom. The van der Waals surface area contributed by atoms with Gasteiger partial charge in [0.15, 0.2) is 0 Å². The van der Waals surface area contributed by atoms with E-state index in [2.05, 4.69) is 21.5 Å². The molecule has 0 saturated heterocycles. The van der Waals surface area contributed by atoms with Crippen LogP contribution in [0, 0.1) is 0 Å². The molecular formula is C21H24N4O5. The lowest BCUT2D eigenvalue weighted by molar-refractivity contribution is -0.131. The average molecular weight is 412 g/mol. The first-order valence-electron chi connectivity index (χ1n) is 9.28. The predicted molar refractivity (Wildman–Crippen MR) is 109 cm³/mol. The van der Waals surface area contributed by atoms with E-state index in [-0.39, 0.29) is 19.6 Å². The SMILES string of the molecule is CC(=O)NNC(=O)[C@H](Cc1ccccc1)NC(=O)CNC(=O)OCc1ccccc1. The van der Waals surface area contributed by atoms with Gasteiger partial charge in [0, 0.05) is 13.3 Å². The zero-order valence-electron chi connectivity index (χ0n) is 16.5. The minimum atomic E-state index is -0.950. The van der Waals surface area contributed by atoms with Crippen LogP contribution in [-0.2, 0) is 32.1 Å². The zero-order valence-corrected chi connectivity index (χ0v) is 16.5. The molecule has 2 aromatic rings. The Bertz CT molecular complexity index is 858. The van der Waals surface area contributed by atoms with Crippen molar-refractivity contribution in [2.45, 2.75) is 26.0 Å². The summed E-state index contributed by atoms with van der Waals surface area (Å²) in [5.74, 6) is -1.62. The van der Waals surface area contributed by atoms with Gasteiger partial charge in [-0.05, 0) is 11.1 Å². The maximum atomic E-state index is 12.3. The normalized spacial score (nSPS) is 11.0. The van der Waals surface area contributed by atoms with Gasteiger partial charge < -0.3 is 15.4 Å². The van der Waals surface area contributed by atoms with Crippen LogP contribution in [0.1, 0.15) is 18.1 Å². The van der Waals surface area contributed by atoms with Gasteiger partial charge in [-0.3, -0.25) is 25.2 Å². The Hall–Kier alpha value is -3.88. The molecule has 4 amide bonds.